The Morgan fingerprint density at radius 1 is 1.37 bits per heavy atom. The zero-order chi connectivity index (χ0) is 13.3. The predicted octanol–water partition coefficient (Wildman–Crippen LogP) is 1.40. The SMILES string of the molecule is CC1(CNC(=O)c2cccc3nccnc23)COC1. The molecule has 0 spiro atoms. The van der Waals surface area contributed by atoms with Gasteiger partial charge in [-0.15, -0.1) is 0 Å². The molecule has 0 aliphatic carbocycles. The molecule has 2 aromatic rings. The van der Waals surface area contributed by atoms with Crippen molar-refractivity contribution in [2.24, 2.45) is 5.41 Å². The van der Waals surface area contributed by atoms with E-state index >= 15 is 0 Å². The van der Waals surface area contributed by atoms with E-state index in [1.54, 1.807) is 18.5 Å². The quantitative estimate of drug-likeness (QED) is 0.902. The maximum absolute atomic E-state index is 12.2. The lowest BCUT2D eigenvalue weighted by Crippen LogP contribution is -2.48. The number of ether oxygens (including phenoxy) is 1. The maximum atomic E-state index is 12.2. The topological polar surface area (TPSA) is 64.1 Å². The summed E-state index contributed by atoms with van der Waals surface area (Å²) in [6, 6.07) is 5.44. The fourth-order valence-corrected chi connectivity index (χ4v) is 2.12. The molecule has 19 heavy (non-hydrogen) atoms. The number of nitrogens with one attached hydrogen (secondary N) is 1. The average molecular weight is 257 g/mol. The molecule has 1 aliphatic heterocycles. The van der Waals surface area contributed by atoms with Crippen molar-refractivity contribution in [3.8, 4) is 0 Å². The average Bonchev–Trinajstić information content (AvgIpc) is 2.42. The van der Waals surface area contributed by atoms with Crippen molar-refractivity contribution in [2.45, 2.75) is 6.92 Å². The van der Waals surface area contributed by atoms with Gasteiger partial charge in [-0.25, -0.2) is 0 Å². The summed E-state index contributed by atoms with van der Waals surface area (Å²) < 4.78 is 5.17. The van der Waals surface area contributed by atoms with Crippen LogP contribution in [-0.2, 0) is 4.74 Å². The zero-order valence-electron chi connectivity index (χ0n) is 10.7. The summed E-state index contributed by atoms with van der Waals surface area (Å²) in [7, 11) is 0. The monoisotopic (exact) mass is 257 g/mol. The lowest BCUT2D eigenvalue weighted by atomic mass is 9.88. The van der Waals surface area contributed by atoms with Crippen LogP contribution in [0.2, 0.25) is 0 Å². The van der Waals surface area contributed by atoms with E-state index in [9.17, 15) is 4.79 Å². The van der Waals surface area contributed by atoms with Gasteiger partial charge in [0.25, 0.3) is 5.91 Å². The number of fused-ring (bicyclic) bond motifs is 1. The maximum Gasteiger partial charge on any atom is 0.253 e. The van der Waals surface area contributed by atoms with Crippen molar-refractivity contribution < 1.29 is 9.53 Å². The van der Waals surface area contributed by atoms with Crippen LogP contribution in [0.1, 0.15) is 17.3 Å². The number of hydrogen-bond donors (Lipinski definition) is 1. The second-order valence-corrected chi connectivity index (χ2v) is 5.22. The molecule has 5 nitrogen and oxygen atoms in total. The third kappa shape index (κ3) is 2.29. The summed E-state index contributed by atoms with van der Waals surface area (Å²) in [6.45, 7) is 4.10. The Kier molecular flexibility index (Phi) is 2.91. The number of para-hydroxylation sites is 1. The van der Waals surface area contributed by atoms with Crippen LogP contribution < -0.4 is 5.32 Å². The highest BCUT2D eigenvalue weighted by molar-refractivity contribution is 6.04. The molecule has 5 heteroatoms. The van der Waals surface area contributed by atoms with E-state index in [2.05, 4.69) is 22.2 Å². The summed E-state index contributed by atoms with van der Waals surface area (Å²) in [5.41, 5.74) is 1.99. The molecule has 0 radical (unpaired) electrons. The molecule has 1 N–H and O–H groups in total. The van der Waals surface area contributed by atoms with Gasteiger partial charge in [-0.1, -0.05) is 13.0 Å². The van der Waals surface area contributed by atoms with Crippen LogP contribution in [0, 0.1) is 5.41 Å². The van der Waals surface area contributed by atoms with Crippen molar-refractivity contribution >= 4 is 16.9 Å². The van der Waals surface area contributed by atoms with Gasteiger partial charge in [0.1, 0.15) is 5.52 Å². The van der Waals surface area contributed by atoms with Gasteiger partial charge >= 0.3 is 0 Å². The van der Waals surface area contributed by atoms with Crippen molar-refractivity contribution in [1.29, 1.82) is 0 Å². The largest absolute Gasteiger partial charge is 0.380 e. The van der Waals surface area contributed by atoms with E-state index in [1.807, 2.05) is 12.1 Å². The molecule has 1 saturated heterocycles. The normalized spacial score (nSPS) is 16.9. The van der Waals surface area contributed by atoms with Gasteiger partial charge in [-0.2, -0.15) is 0 Å². The number of benzene rings is 1. The Hall–Kier alpha value is -2.01. The molecule has 3 rings (SSSR count). The minimum absolute atomic E-state index is 0.0614. The van der Waals surface area contributed by atoms with Crippen molar-refractivity contribution in [1.82, 2.24) is 15.3 Å². The third-order valence-corrected chi connectivity index (χ3v) is 3.32. The Labute approximate surface area is 111 Å². The molecular formula is C14H15N3O2. The number of rotatable bonds is 3. The zero-order valence-corrected chi connectivity index (χ0v) is 10.7. The van der Waals surface area contributed by atoms with Gasteiger partial charge in [0.05, 0.1) is 24.3 Å². The Morgan fingerprint density at radius 2 is 2.16 bits per heavy atom. The number of nitrogens with zero attached hydrogens (tertiary/aromatic N) is 2. The fraction of sp³-hybridized carbons (Fsp3) is 0.357. The van der Waals surface area contributed by atoms with E-state index in [4.69, 9.17) is 4.74 Å². The highest BCUT2D eigenvalue weighted by Gasteiger charge is 2.33. The minimum atomic E-state index is -0.112. The smallest absolute Gasteiger partial charge is 0.253 e. The third-order valence-electron chi connectivity index (χ3n) is 3.32. The van der Waals surface area contributed by atoms with E-state index in [1.165, 1.54) is 0 Å². The van der Waals surface area contributed by atoms with E-state index in [0.29, 0.717) is 30.8 Å². The molecule has 1 amide bonds. The lowest BCUT2D eigenvalue weighted by molar-refractivity contribution is -0.0978. The first-order valence-corrected chi connectivity index (χ1v) is 6.24. The molecule has 2 heterocycles. The van der Waals surface area contributed by atoms with Crippen LogP contribution in [-0.4, -0.2) is 35.6 Å². The summed E-state index contributed by atoms with van der Waals surface area (Å²) in [4.78, 5) is 20.7. The number of aromatic nitrogens is 2. The van der Waals surface area contributed by atoms with Crippen LogP contribution in [0.3, 0.4) is 0 Å². The van der Waals surface area contributed by atoms with E-state index in [-0.39, 0.29) is 11.3 Å². The lowest BCUT2D eigenvalue weighted by Gasteiger charge is -2.38. The second-order valence-electron chi connectivity index (χ2n) is 5.22. The molecule has 0 unspecified atom stereocenters. The molecule has 1 fully saturated rings. The van der Waals surface area contributed by atoms with Crippen molar-refractivity contribution in [2.75, 3.05) is 19.8 Å². The first-order chi connectivity index (χ1) is 9.18. The van der Waals surface area contributed by atoms with Gasteiger partial charge in [-0.3, -0.25) is 14.8 Å². The molecule has 1 aromatic heterocycles. The van der Waals surface area contributed by atoms with Crippen molar-refractivity contribution in [3.63, 3.8) is 0 Å². The number of carbonyl (C=O) groups is 1. The van der Waals surface area contributed by atoms with Crippen LogP contribution in [0.25, 0.3) is 11.0 Å². The van der Waals surface area contributed by atoms with Gasteiger partial charge in [0, 0.05) is 24.4 Å². The number of amides is 1. The summed E-state index contributed by atoms with van der Waals surface area (Å²) in [5.74, 6) is -0.112. The van der Waals surface area contributed by atoms with Gasteiger partial charge in [0.2, 0.25) is 0 Å². The summed E-state index contributed by atoms with van der Waals surface area (Å²) in [6.07, 6.45) is 3.22. The van der Waals surface area contributed by atoms with E-state index < -0.39 is 0 Å². The number of hydrogen-bond acceptors (Lipinski definition) is 4. The van der Waals surface area contributed by atoms with Crippen LogP contribution in [0.15, 0.2) is 30.6 Å². The second kappa shape index (κ2) is 4.59. The predicted molar refractivity (Wildman–Crippen MR) is 70.8 cm³/mol. The highest BCUT2D eigenvalue weighted by Crippen LogP contribution is 2.25. The van der Waals surface area contributed by atoms with Crippen LogP contribution in [0.4, 0.5) is 0 Å². The van der Waals surface area contributed by atoms with Crippen molar-refractivity contribution in [3.05, 3.63) is 36.2 Å². The summed E-state index contributed by atoms with van der Waals surface area (Å²) in [5, 5.41) is 2.95. The first-order valence-electron chi connectivity index (χ1n) is 6.24. The van der Waals surface area contributed by atoms with Gasteiger partial charge in [-0.05, 0) is 12.1 Å². The molecule has 0 bridgehead atoms. The molecule has 0 atom stereocenters. The molecular weight excluding hydrogens is 242 g/mol. The number of carbonyl (C=O) groups excluding carboxylic acids is 1. The Balaban J connectivity index is 1.81. The first kappa shape index (κ1) is 12.0. The van der Waals surface area contributed by atoms with Gasteiger partial charge in [0.15, 0.2) is 0 Å². The van der Waals surface area contributed by atoms with E-state index in [0.717, 1.165) is 5.52 Å². The van der Waals surface area contributed by atoms with Crippen LogP contribution in [0.5, 0.6) is 0 Å². The summed E-state index contributed by atoms with van der Waals surface area (Å²) >= 11 is 0. The fourth-order valence-electron chi connectivity index (χ4n) is 2.12. The molecule has 1 aromatic carbocycles. The minimum Gasteiger partial charge on any atom is -0.380 e. The Bertz CT molecular complexity index is 618. The molecule has 98 valence electrons. The highest BCUT2D eigenvalue weighted by atomic mass is 16.5. The Morgan fingerprint density at radius 3 is 2.89 bits per heavy atom. The molecule has 1 aliphatic rings. The van der Waals surface area contributed by atoms with Crippen LogP contribution >= 0.6 is 0 Å². The standard InChI is InChI=1S/C14H15N3O2/c1-14(8-19-9-14)7-17-13(18)10-3-2-4-11-12(10)16-6-5-15-11/h2-6H,7-9H2,1H3,(H,17,18). The van der Waals surface area contributed by atoms with Gasteiger partial charge < -0.3 is 10.1 Å². The molecule has 0 saturated carbocycles.